The molecule has 1 saturated carbocycles. The highest BCUT2D eigenvalue weighted by molar-refractivity contribution is 7.87. The fourth-order valence-corrected chi connectivity index (χ4v) is 4.51. The zero-order valence-electron chi connectivity index (χ0n) is 17.6. The maximum absolute atomic E-state index is 12.3. The highest BCUT2D eigenvalue weighted by atomic mass is 32.2. The summed E-state index contributed by atoms with van der Waals surface area (Å²) in [5, 5.41) is 0. The molecule has 1 aromatic carbocycles. The fourth-order valence-electron chi connectivity index (χ4n) is 3.84. The van der Waals surface area contributed by atoms with Gasteiger partial charge in [-0.05, 0) is 43.2 Å². The first-order valence-corrected chi connectivity index (χ1v) is 11.8. The molecule has 164 valence electrons. The van der Waals surface area contributed by atoms with Gasteiger partial charge in [0, 0.05) is 32.9 Å². The van der Waals surface area contributed by atoms with Crippen LogP contribution in [0.15, 0.2) is 59.5 Å². The molecule has 1 heterocycles. The summed E-state index contributed by atoms with van der Waals surface area (Å²) in [6.07, 6.45) is 5.85. The Bertz CT molecular complexity index is 952. The number of benzene rings is 1. The minimum Gasteiger partial charge on any atom is -0.376 e. The van der Waals surface area contributed by atoms with Crippen LogP contribution >= 0.6 is 0 Å². The zero-order chi connectivity index (χ0) is 21.6. The van der Waals surface area contributed by atoms with Gasteiger partial charge in [-0.25, -0.2) is 0 Å². The van der Waals surface area contributed by atoms with Crippen molar-refractivity contribution >= 4 is 10.2 Å². The lowest BCUT2D eigenvalue weighted by Gasteiger charge is -2.30. The van der Waals surface area contributed by atoms with Gasteiger partial charge in [0.15, 0.2) is 0 Å². The number of hydrogen-bond donors (Lipinski definition) is 1. The molecule has 7 nitrogen and oxygen atoms in total. The first kappa shape index (κ1) is 22.7. The molecule has 0 radical (unpaired) electrons. The van der Waals surface area contributed by atoms with Crippen molar-refractivity contribution in [3.8, 4) is 0 Å². The van der Waals surface area contributed by atoms with Crippen LogP contribution in [0, 0.1) is 0 Å². The summed E-state index contributed by atoms with van der Waals surface area (Å²) in [4.78, 5) is 12.3. The third-order valence-electron chi connectivity index (χ3n) is 5.70. The van der Waals surface area contributed by atoms with Crippen molar-refractivity contribution in [1.29, 1.82) is 0 Å². The van der Waals surface area contributed by atoms with E-state index in [1.807, 2.05) is 6.07 Å². The van der Waals surface area contributed by atoms with Gasteiger partial charge in [0.1, 0.15) is 0 Å². The Balaban J connectivity index is 1.60. The van der Waals surface area contributed by atoms with Crippen LogP contribution in [0.3, 0.4) is 0 Å². The average molecular weight is 434 g/mol. The standard InChI is InChI=1S/C22H31N3O4S/c1-24(2)30(27,28)23-16-20(25-15-7-6-10-22(25)26)17-29-21-13-11-19(12-14-21)18-8-4-3-5-9-18/h3-10,15,19-21,23H,11-14,16-17H2,1-2H3/t19-,20?,21+. The Morgan fingerprint density at radius 2 is 1.73 bits per heavy atom. The highest BCUT2D eigenvalue weighted by Crippen LogP contribution is 2.34. The van der Waals surface area contributed by atoms with E-state index < -0.39 is 16.3 Å². The summed E-state index contributed by atoms with van der Waals surface area (Å²) in [5.74, 6) is 0.561. The van der Waals surface area contributed by atoms with Crippen molar-refractivity contribution in [1.82, 2.24) is 13.6 Å². The van der Waals surface area contributed by atoms with Crippen LogP contribution in [0.2, 0.25) is 0 Å². The van der Waals surface area contributed by atoms with Crippen LogP contribution < -0.4 is 10.3 Å². The predicted octanol–water partition coefficient (Wildman–Crippen LogP) is 2.53. The molecule has 0 spiro atoms. The Hall–Kier alpha value is -2.00. The molecule has 1 aliphatic carbocycles. The Morgan fingerprint density at radius 1 is 1.07 bits per heavy atom. The van der Waals surface area contributed by atoms with Crippen LogP contribution in [-0.4, -0.2) is 50.6 Å². The molecule has 30 heavy (non-hydrogen) atoms. The van der Waals surface area contributed by atoms with Crippen LogP contribution in [0.4, 0.5) is 0 Å². The molecule has 0 bridgehead atoms. The SMILES string of the molecule is CN(C)S(=O)(=O)NCC(CO[C@H]1CC[C@@H](c2ccccc2)CC1)n1ccccc1=O. The van der Waals surface area contributed by atoms with Crippen LogP contribution in [0.25, 0.3) is 0 Å². The van der Waals surface area contributed by atoms with Gasteiger partial charge in [0.05, 0.1) is 18.8 Å². The van der Waals surface area contributed by atoms with E-state index in [2.05, 4.69) is 29.0 Å². The van der Waals surface area contributed by atoms with E-state index in [-0.39, 0.29) is 24.8 Å². The lowest BCUT2D eigenvalue weighted by molar-refractivity contribution is 0.00732. The summed E-state index contributed by atoms with van der Waals surface area (Å²) in [5.41, 5.74) is 1.20. The molecule has 1 unspecified atom stereocenters. The second-order valence-corrected chi connectivity index (χ2v) is 9.92. The third-order valence-corrected chi connectivity index (χ3v) is 7.19. The minimum atomic E-state index is -3.58. The van der Waals surface area contributed by atoms with Crippen LogP contribution in [-0.2, 0) is 14.9 Å². The number of hydrogen-bond acceptors (Lipinski definition) is 4. The van der Waals surface area contributed by atoms with Crippen molar-refractivity contribution in [2.45, 2.75) is 43.7 Å². The lowest BCUT2D eigenvalue weighted by atomic mass is 9.83. The van der Waals surface area contributed by atoms with Gasteiger partial charge in [-0.15, -0.1) is 0 Å². The maximum atomic E-state index is 12.3. The molecule has 8 heteroatoms. The van der Waals surface area contributed by atoms with E-state index in [0.29, 0.717) is 5.92 Å². The van der Waals surface area contributed by atoms with Gasteiger partial charge in [0.2, 0.25) is 0 Å². The molecule has 1 fully saturated rings. The van der Waals surface area contributed by atoms with Crippen LogP contribution in [0.5, 0.6) is 0 Å². The van der Waals surface area contributed by atoms with Crippen molar-refractivity contribution in [2.24, 2.45) is 0 Å². The molecule has 2 aromatic rings. The predicted molar refractivity (Wildman–Crippen MR) is 118 cm³/mol. The zero-order valence-corrected chi connectivity index (χ0v) is 18.4. The van der Waals surface area contributed by atoms with Crippen molar-refractivity contribution in [3.05, 3.63) is 70.6 Å². The largest absolute Gasteiger partial charge is 0.376 e. The molecule has 0 aliphatic heterocycles. The normalized spacial score (nSPS) is 20.9. The topological polar surface area (TPSA) is 80.6 Å². The van der Waals surface area contributed by atoms with Gasteiger partial charge >= 0.3 is 0 Å². The van der Waals surface area contributed by atoms with Gasteiger partial charge in [-0.2, -0.15) is 17.4 Å². The number of pyridine rings is 1. The molecule has 1 aliphatic rings. The van der Waals surface area contributed by atoms with E-state index in [4.69, 9.17) is 4.74 Å². The average Bonchev–Trinajstić information content (AvgIpc) is 2.75. The monoisotopic (exact) mass is 433 g/mol. The molecule has 1 atom stereocenters. The van der Waals surface area contributed by atoms with E-state index in [9.17, 15) is 13.2 Å². The molecule has 3 rings (SSSR count). The number of aromatic nitrogens is 1. The summed E-state index contributed by atoms with van der Waals surface area (Å²) < 4.78 is 35.6. The van der Waals surface area contributed by atoms with E-state index >= 15 is 0 Å². The highest BCUT2D eigenvalue weighted by Gasteiger charge is 2.25. The van der Waals surface area contributed by atoms with Gasteiger partial charge in [-0.3, -0.25) is 4.79 Å². The van der Waals surface area contributed by atoms with Gasteiger partial charge in [0.25, 0.3) is 15.8 Å². The molecule has 1 N–H and O–H groups in total. The van der Waals surface area contributed by atoms with E-state index in [1.54, 1.807) is 18.3 Å². The lowest BCUT2D eigenvalue weighted by Crippen LogP contribution is -2.42. The number of nitrogens with one attached hydrogen (secondary N) is 1. The van der Waals surface area contributed by atoms with Gasteiger partial charge < -0.3 is 9.30 Å². The number of rotatable bonds is 9. The summed E-state index contributed by atoms with van der Waals surface area (Å²) >= 11 is 0. The quantitative estimate of drug-likeness (QED) is 0.659. The molecule has 0 amide bonds. The second kappa shape index (κ2) is 10.3. The van der Waals surface area contributed by atoms with Crippen molar-refractivity contribution in [2.75, 3.05) is 27.2 Å². The third kappa shape index (κ3) is 6.01. The van der Waals surface area contributed by atoms with Gasteiger partial charge in [-0.1, -0.05) is 36.4 Å². The summed E-state index contributed by atoms with van der Waals surface area (Å²) in [6.45, 7) is 0.365. The number of nitrogens with zero attached hydrogens (tertiary/aromatic N) is 2. The first-order valence-electron chi connectivity index (χ1n) is 10.4. The van der Waals surface area contributed by atoms with Crippen molar-refractivity contribution in [3.63, 3.8) is 0 Å². The summed E-state index contributed by atoms with van der Waals surface area (Å²) in [6, 6.07) is 15.0. The van der Waals surface area contributed by atoms with E-state index in [1.165, 1.54) is 30.3 Å². The number of ether oxygens (including phenoxy) is 1. The Labute approximate surface area is 178 Å². The van der Waals surface area contributed by atoms with E-state index in [0.717, 1.165) is 30.0 Å². The molecule has 1 aromatic heterocycles. The molecular weight excluding hydrogens is 402 g/mol. The molecule has 0 saturated heterocycles. The Morgan fingerprint density at radius 3 is 2.37 bits per heavy atom. The minimum absolute atomic E-state index is 0.0871. The van der Waals surface area contributed by atoms with Crippen LogP contribution in [0.1, 0.15) is 43.2 Å². The fraction of sp³-hybridized carbons (Fsp3) is 0.500. The first-order chi connectivity index (χ1) is 14.4. The second-order valence-electron chi connectivity index (χ2n) is 7.95. The molecular formula is C22H31N3O4S. The Kier molecular flexibility index (Phi) is 7.82. The van der Waals surface area contributed by atoms with Crippen molar-refractivity contribution < 1.29 is 13.2 Å². The maximum Gasteiger partial charge on any atom is 0.279 e. The summed E-state index contributed by atoms with van der Waals surface area (Å²) in [7, 11) is -0.651. The smallest absolute Gasteiger partial charge is 0.279 e.